The number of carboxylic acids is 1. The zero-order valence-electron chi connectivity index (χ0n) is 12.4. The van der Waals surface area contributed by atoms with Crippen LogP contribution in [-0.2, 0) is 4.79 Å². The predicted molar refractivity (Wildman–Crippen MR) is 73.9 cm³/mol. The monoisotopic (exact) mass is 281 g/mol. The molecular weight excluding hydrogens is 258 g/mol. The van der Waals surface area contributed by atoms with E-state index < -0.39 is 11.9 Å². The molecule has 1 aliphatic rings. The Morgan fingerprint density at radius 1 is 1.40 bits per heavy atom. The Labute approximate surface area is 120 Å². The SMILES string of the molecule is CC(C)CN(CCC#N)C(=O)N1CC(C(C)C(=O)O)C1. The first-order valence-electron chi connectivity index (χ1n) is 7.00. The molecule has 0 aromatic rings. The lowest BCUT2D eigenvalue weighted by Crippen LogP contribution is -2.57. The van der Waals surface area contributed by atoms with Gasteiger partial charge in [-0.05, 0) is 5.92 Å². The van der Waals surface area contributed by atoms with E-state index in [0.717, 1.165) is 0 Å². The minimum atomic E-state index is -0.814. The van der Waals surface area contributed by atoms with Crippen LogP contribution >= 0.6 is 0 Å². The Bertz CT molecular complexity index is 397. The number of nitrogens with zero attached hydrogens (tertiary/aromatic N) is 3. The van der Waals surface area contributed by atoms with E-state index in [4.69, 9.17) is 10.4 Å². The maximum absolute atomic E-state index is 12.3. The molecule has 1 N–H and O–H groups in total. The van der Waals surface area contributed by atoms with Gasteiger partial charge >= 0.3 is 12.0 Å². The lowest BCUT2D eigenvalue weighted by molar-refractivity contribution is -0.144. The van der Waals surface area contributed by atoms with Gasteiger partial charge in [-0.3, -0.25) is 4.79 Å². The Balaban J connectivity index is 2.51. The van der Waals surface area contributed by atoms with E-state index in [1.54, 1.807) is 16.7 Å². The summed E-state index contributed by atoms with van der Waals surface area (Å²) in [5, 5.41) is 17.6. The summed E-state index contributed by atoms with van der Waals surface area (Å²) in [6.45, 7) is 7.77. The number of aliphatic carboxylic acids is 1. The lowest BCUT2D eigenvalue weighted by Gasteiger charge is -2.43. The number of hydrogen-bond donors (Lipinski definition) is 1. The van der Waals surface area contributed by atoms with E-state index in [2.05, 4.69) is 6.07 Å². The van der Waals surface area contributed by atoms with Crippen molar-refractivity contribution >= 4 is 12.0 Å². The third kappa shape index (κ3) is 4.12. The molecule has 0 saturated carbocycles. The van der Waals surface area contributed by atoms with Crippen LogP contribution in [0.1, 0.15) is 27.2 Å². The topological polar surface area (TPSA) is 84.6 Å². The molecule has 20 heavy (non-hydrogen) atoms. The van der Waals surface area contributed by atoms with Crippen molar-refractivity contribution < 1.29 is 14.7 Å². The van der Waals surface area contributed by atoms with Gasteiger partial charge in [0.15, 0.2) is 0 Å². The van der Waals surface area contributed by atoms with E-state index in [0.29, 0.717) is 38.5 Å². The highest BCUT2D eigenvalue weighted by Crippen LogP contribution is 2.25. The predicted octanol–water partition coefficient (Wildman–Crippen LogP) is 1.63. The van der Waals surface area contributed by atoms with Crippen molar-refractivity contribution in [1.29, 1.82) is 5.26 Å². The van der Waals surface area contributed by atoms with Gasteiger partial charge in [-0.1, -0.05) is 20.8 Å². The van der Waals surface area contributed by atoms with E-state index in [-0.39, 0.29) is 11.9 Å². The molecule has 1 aliphatic heterocycles. The minimum Gasteiger partial charge on any atom is -0.481 e. The molecule has 1 heterocycles. The van der Waals surface area contributed by atoms with Crippen LogP contribution in [0.4, 0.5) is 4.79 Å². The van der Waals surface area contributed by atoms with Gasteiger partial charge in [0.2, 0.25) is 0 Å². The molecule has 2 amide bonds. The van der Waals surface area contributed by atoms with Crippen molar-refractivity contribution in [3.63, 3.8) is 0 Å². The molecule has 112 valence electrons. The van der Waals surface area contributed by atoms with Crippen LogP contribution in [-0.4, -0.2) is 53.1 Å². The third-order valence-corrected chi connectivity index (χ3v) is 3.63. The van der Waals surface area contributed by atoms with Crippen LogP contribution < -0.4 is 0 Å². The second-order valence-corrected chi connectivity index (χ2v) is 5.82. The van der Waals surface area contributed by atoms with Crippen molar-refractivity contribution in [3.8, 4) is 6.07 Å². The van der Waals surface area contributed by atoms with Crippen LogP contribution in [0.3, 0.4) is 0 Å². The molecule has 6 heteroatoms. The maximum Gasteiger partial charge on any atom is 0.320 e. The third-order valence-electron chi connectivity index (χ3n) is 3.63. The normalized spacial score (nSPS) is 16.4. The van der Waals surface area contributed by atoms with Gasteiger partial charge in [0.1, 0.15) is 0 Å². The summed E-state index contributed by atoms with van der Waals surface area (Å²) in [6.07, 6.45) is 0.321. The fourth-order valence-corrected chi connectivity index (χ4v) is 2.28. The number of likely N-dealkylation sites (tertiary alicyclic amines) is 1. The van der Waals surface area contributed by atoms with Crippen LogP contribution in [0, 0.1) is 29.1 Å². The molecule has 1 atom stereocenters. The second-order valence-electron chi connectivity index (χ2n) is 5.82. The number of rotatable bonds is 6. The van der Waals surface area contributed by atoms with Crippen LogP contribution in [0.15, 0.2) is 0 Å². The van der Waals surface area contributed by atoms with Crippen molar-refractivity contribution in [3.05, 3.63) is 0 Å². The largest absolute Gasteiger partial charge is 0.481 e. The summed E-state index contributed by atoms with van der Waals surface area (Å²) in [5.41, 5.74) is 0. The summed E-state index contributed by atoms with van der Waals surface area (Å²) in [7, 11) is 0. The highest BCUT2D eigenvalue weighted by molar-refractivity contribution is 5.76. The number of urea groups is 1. The summed E-state index contributed by atoms with van der Waals surface area (Å²) in [6, 6.07) is 1.97. The van der Waals surface area contributed by atoms with Gasteiger partial charge in [-0.2, -0.15) is 5.26 Å². The second kappa shape index (κ2) is 7.13. The van der Waals surface area contributed by atoms with Gasteiger partial charge in [-0.15, -0.1) is 0 Å². The summed E-state index contributed by atoms with van der Waals surface area (Å²) in [4.78, 5) is 26.5. The first-order chi connectivity index (χ1) is 9.36. The number of nitriles is 1. The Hall–Kier alpha value is -1.77. The van der Waals surface area contributed by atoms with Gasteiger partial charge in [-0.25, -0.2) is 4.79 Å². The first-order valence-corrected chi connectivity index (χ1v) is 7.00. The Morgan fingerprint density at radius 3 is 2.45 bits per heavy atom. The van der Waals surface area contributed by atoms with Gasteiger partial charge < -0.3 is 14.9 Å². The van der Waals surface area contributed by atoms with Gasteiger partial charge in [0, 0.05) is 32.1 Å². The van der Waals surface area contributed by atoms with E-state index in [1.807, 2.05) is 13.8 Å². The van der Waals surface area contributed by atoms with Crippen LogP contribution in [0.5, 0.6) is 0 Å². The molecule has 1 unspecified atom stereocenters. The molecule has 6 nitrogen and oxygen atoms in total. The van der Waals surface area contributed by atoms with Crippen LogP contribution in [0.2, 0.25) is 0 Å². The lowest BCUT2D eigenvalue weighted by atomic mass is 9.87. The maximum atomic E-state index is 12.3. The van der Waals surface area contributed by atoms with Gasteiger partial charge in [0.05, 0.1) is 18.4 Å². The number of hydrogen-bond acceptors (Lipinski definition) is 3. The van der Waals surface area contributed by atoms with Gasteiger partial charge in [0.25, 0.3) is 0 Å². The summed E-state index contributed by atoms with van der Waals surface area (Å²) < 4.78 is 0. The minimum absolute atomic E-state index is 0.0355. The molecule has 0 aromatic heterocycles. The molecule has 1 saturated heterocycles. The number of carbonyl (C=O) groups is 2. The number of amides is 2. The molecule has 0 aliphatic carbocycles. The molecule has 1 rings (SSSR count). The van der Waals surface area contributed by atoms with E-state index >= 15 is 0 Å². The molecule has 1 fully saturated rings. The Kier molecular flexibility index (Phi) is 5.81. The van der Waals surface area contributed by atoms with E-state index in [9.17, 15) is 9.59 Å². The molecule has 0 aromatic carbocycles. The zero-order valence-corrected chi connectivity index (χ0v) is 12.4. The van der Waals surface area contributed by atoms with Crippen molar-refractivity contribution in [2.45, 2.75) is 27.2 Å². The highest BCUT2D eigenvalue weighted by Gasteiger charge is 2.38. The summed E-state index contributed by atoms with van der Waals surface area (Å²) >= 11 is 0. The average molecular weight is 281 g/mol. The Morgan fingerprint density at radius 2 is 2.00 bits per heavy atom. The average Bonchev–Trinajstić information content (AvgIpc) is 2.31. The van der Waals surface area contributed by atoms with Crippen molar-refractivity contribution in [2.75, 3.05) is 26.2 Å². The summed E-state index contributed by atoms with van der Waals surface area (Å²) in [5.74, 6) is -0.858. The number of carbonyl (C=O) groups excluding carboxylic acids is 1. The molecule has 0 spiro atoms. The van der Waals surface area contributed by atoms with Crippen LogP contribution in [0.25, 0.3) is 0 Å². The zero-order chi connectivity index (χ0) is 15.3. The van der Waals surface area contributed by atoms with E-state index in [1.165, 1.54) is 0 Å². The molecule has 0 bridgehead atoms. The van der Waals surface area contributed by atoms with Crippen molar-refractivity contribution in [2.24, 2.45) is 17.8 Å². The quantitative estimate of drug-likeness (QED) is 0.802. The first kappa shape index (κ1) is 16.3. The highest BCUT2D eigenvalue weighted by atomic mass is 16.4. The fourth-order valence-electron chi connectivity index (χ4n) is 2.28. The molecular formula is C14H23N3O3. The number of carboxylic acid groups (broad SMARTS) is 1. The fraction of sp³-hybridized carbons (Fsp3) is 0.786. The molecule has 0 radical (unpaired) electrons. The van der Waals surface area contributed by atoms with Crippen molar-refractivity contribution in [1.82, 2.24) is 9.80 Å². The standard InChI is InChI=1S/C14H23N3O3/c1-10(2)7-16(6-4-5-15)14(20)17-8-12(9-17)11(3)13(18)19/h10-12H,4,6-9H2,1-3H3,(H,18,19). The smallest absolute Gasteiger partial charge is 0.320 e.